The van der Waals surface area contributed by atoms with Crippen LogP contribution >= 0.6 is 0 Å². The van der Waals surface area contributed by atoms with Crippen LogP contribution < -0.4 is 0 Å². The minimum absolute atomic E-state index is 0.0725. The summed E-state index contributed by atoms with van der Waals surface area (Å²) >= 11 is 0. The van der Waals surface area contributed by atoms with Gasteiger partial charge >= 0.3 is 0 Å². The molecule has 0 heterocycles. The Morgan fingerprint density at radius 2 is 2.29 bits per heavy atom. The molecule has 0 spiro atoms. The lowest BCUT2D eigenvalue weighted by molar-refractivity contribution is 0.0662. The molecule has 1 rings (SSSR count). The molecule has 1 aromatic rings. The zero-order valence-corrected chi connectivity index (χ0v) is 8.66. The quantitative estimate of drug-likeness (QED) is 0.729. The minimum atomic E-state index is 0.0725. The second-order valence-electron chi connectivity index (χ2n) is 3.25. The first kappa shape index (κ1) is 10.7. The Hall–Kier alpha value is -1.33. The van der Waals surface area contributed by atoms with Gasteiger partial charge in [-0.2, -0.15) is 5.26 Å². The van der Waals surface area contributed by atoms with Crippen LogP contribution in [0.2, 0.25) is 0 Å². The van der Waals surface area contributed by atoms with E-state index in [0.29, 0.717) is 5.56 Å². The van der Waals surface area contributed by atoms with E-state index in [-0.39, 0.29) is 6.10 Å². The topological polar surface area (TPSA) is 33.0 Å². The van der Waals surface area contributed by atoms with Gasteiger partial charge in [0.15, 0.2) is 0 Å². The van der Waals surface area contributed by atoms with E-state index in [1.165, 1.54) is 0 Å². The van der Waals surface area contributed by atoms with Gasteiger partial charge in [0.05, 0.1) is 17.7 Å². The van der Waals surface area contributed by atoms with Crippen LogP contribution in [0.15, 0.2) is 24.3 Å². The third kappa shape index (κ3) is 2.86. The molecular weight excluding hydrogens is 174 g/mol. The number of benzene rings is 1. The van der Waals surface area contributed by atoms with Crippen LogP contribution in [-0.4, -0.2) is 6.61 Å². The summed E-state index contributed by atoms with van der Waals surface area (Å²) in [6.45, 7) is 4.85. The number of nitriles is 1. The summed E-state index contributed by atoms with van der Waals surface area (Å²) in [5, 5.41) is 8.73. The highest BCUT2D eigenvalue weighted by Crippen LogP contribution is 2.17. The van der Waals surface area contributed by atoms with Crippen molar-refractivity contribution in [3.8, 4) is 6.07 Å². The molecule has 14 heavy (non-hydrogen) atoms. The van der Waals surface area contributed by atoms with Crippen LogP contribution in [0.3, 0.4) is 0 Å². The highest BCUT2D eigenvalue weighted by atomic mass is 16.5. The summed E-state index contributed by atoms with van der Waals surface area (Å²) in [4.78, 5) is 0. The number of hydrogen-bond acceptors (Lipinski definition) is 2. The van der Waals surface area contributed by atoms with Gasteiger partial charge in [0.1, 0.15) is 0 Å². The van der Waals surface area contributed by atoms with Gasteiger partial charge in [0, 0.05) is 6.61 Å². The van der Waals surface area contributed by atoms with Gasteiger partial charge in [0.2, 0.25) is 0 Å². The van der Waals surface area contributed by atoms with E-state index in [1.54, 1.807) is 6.07 Å². The minimum Gasteiger partial charge on any atom is -0.374 e. The molecular formula is C12H15NO. The predicted octanol–water partition coefficient (Wildman–Crippen LogP) is 3.05. The van der Waals surface area contributed by atoms with Crippen molar-refractivity contribution in [2.24, 2.45) is 0 Å². The van der Waals surface area contributed by atoms with Gasteiger partial charge in [-0.3, -0.25) is 0 Å². The van der Waals surface area contributed by atoms with Crippen molar-refractivity contribution in [3.63, 3.8) is 0 Å². The highest BCUT2D eigenvalue weighted by Gasteiger charge is 2.05. The van der Waals surface area contributed by atoms with Gasteiger partial charge in [-0.25, -0.2) is 0 Å². The number of nitrogens with zero attached hydrogens (tertiary/aromatic N) is 1. The molecule has 0 amide bonds. The van der Waals surface area contributed by atoms with E-state index < -0.39 is 0 Å². The van der Waals surface area contributed by atoms with E-state index >= 15 is 0 Å². The number of ether oxygens (including phenoxy) is 1. The molecule has 0 aliphatic carbocycles. The molecule has 0 bridgehead atoms. The third-order valence-corrected chi connectivity index (χ3v) is 2.06. The maximum Gasteiger partial charge on any atom is 0.0991 e. The number of rotatable bonds is 4. The molecule has 0 fully saturated rings. The molecule has 2 heteroatoms. The molecule has 0 N–H and O–H groups in total. The first-order valence-corrected chi connectivity index (χ1v) is 4.89. The molecule has 0 aromatic heterocycles. The molecule has 0 saturated heterocycles. The molecule has 1 atom stereocenters. The van der Waals surface area contributed by atoms with Gasteiger partial charge in [0.25, 0.3) is 0 Å². The van der Waals surface area contributed by atoms with Crippen molar-refractivity contribution < 1.29 is 4.74 Å². The summed E-state index contributed by atoms with van der Waals surface area (Å²) < 4.78 is 5.57. The maximum atomic E-state index is 8.73. The predicted molar refractivity (Wildman–Crippen MR) is 55.8 cm³/mol. The van der Waals surface area contributed by atoms with Crippen molar-refractivity contribution in [2.75, 3.05) is 6.61 Å². The Kier molecular flexibility index (Phi) is 4.15. The average Bonchev–Trinajstić information content (AvgIpc) is 2.26. The summed E-state index contributed by atoms with van der Waals surface area (Å²) in [6, 6.07) is 9.68. The zero-order chi connectivity index (χ0) is 10.4. The lowest BCUT2D eigenvalue weighted by atomic mass is 10.1. The van der Waals surface area contributed by atoms with Crippen LogP contribution in [0.1, 0.15) is 37.5 Å². The first-order valence-electron chi connectivity index (χ1n) is 4.89. The van der Waals surface area contributed by atoms with Crippen LogP contribution in [0, 0.1) is 11.3 Å². The molecule has 0 aliphatic rings. The van der Waals surface area contributed by atoms with E-state index in [2.05, 4.69) is 13.0 Å². The van der Waals surface area contributed by atoms with Gasteiger partial charge in [-0.15, -0.1) is 0 Å². The van der Waals surface area contributed by atoms with Gasteiger partial charge in [-0.1, -0.05) is 19.1 Å². The summed E-state index contributed by atoms with van der Waals surface area (Å²) in [7, 11) is 0. The Balaban J connectivity index is 2.70. The summed E-state index contributed by atoms with van der Waals surface area (Å²) in [5.74, 6) is 0. The van der Waals surface area contributed by atoms with Crippen molar-refractivity contribution >= 4 is 0 Å². The molecule has 0 aliphatic heterocycles. The van der Waals surface area contributed by atoms with E-state index in [4.69, 9.17) is 10.00 Å². The Bertz CT molecular complexity index is 327. The largest absolute Gasteiger partial charge is 0.374 e. The second-order valence-corrected chi connectivity index (χ2v) is 3.25. The standard InChI is InChI=1S/C12H15NO/c1-3-7-14-10(2)12-6-4-5-11(8-12)9-13/h4-6,8,10H,3,7H2,1-2H3. The Labute approximate surface area is 85.1 Å². The highest BCUT2D eigenvalue weighted by molar-refractivity contribution is 5.33. The average molecular weight is 189 g/mol. The van der Waals surface area contributed by atoms with Crippen molar-refractivity contribution in [1.29, 1.82) is 5.26 Å². The fraction of sp³-hybridized carbons (Fsp3) is 0.417. The van der Waals surface area contributed by atoms with Gasteiger partial charge in [-0.05, 0) is 31.0 Å². The lowest BCUT2D eigenvalue weighted by Crippen LogP contribution is -2.00. The third-order valence-electron chi connectivity index (χ3n) is 2.06. The van der Waals surface area contributed by atoms with E-state index in [1.807, 2.05) is 25.1 Å². The monoisotopic (exact) mass is 189 g/mol. The fourth-order valence-corrected chi connectivity index (χ4v) is 1.25. The zero-order valence-electron chi connectivity index (χ0n) is 8.66. The smallest absolute Gasteiger partial charge is 0.0991 e. The Morgan fingerprint density at radius 3 is 2.93 bits per heavy atom. The van der Waals surface area contributed by atoms with Crippen molar-refractivity contribution in [1.82, 2.24) is 0 Å². The van der Waals surface area contributed by atoms with Gasteiger partial charge < -0.3 is 4.74 Å². The van der Waals surface area contributed by atoms with Crippen LogP contribution in [0.25, 0.3) is 0 Å². The number of hydrogen-bond donors (Lipinski definition) is 0. The maximum absolute atomic E-state index is 8.73. The van der Waals surface area contributed by atoms with E-state index in [9.17, 15) is 0 Å². The second kappa shape index (κ2) is 5.41. The first-order chi connectivity index (χ1) is 6.77. The molecule has 2 nitrogen and oxygen atoms in total. The molecule has 1 aromatic carbocycles. The van der Waals surface area contributed by atoms with Crippen LogP contribution in [-0.2, 0) is 4.74 Å². The Morgan fingerprint density at radius 1 is 1.50 bits per heavy atom. The van der Waals surface area contributed by atoms with Crippen molar-refractivity contribution in [3.05, 3.63) is 35.4 Å². The summed E-state index contributed by atoms with van der Waals surface area (Å²) in [6.07, 6.45) is 1.09. The van der Waals surface area contributed by atoms with Crippen LogP contribution in [0.5, 0.6) is 0 Å². The molecule has 74 valence electrons. The van der Waals surface area contributed by atoms with E-state index in [0.717, 1.165) is 18.6 Å². The fourth-order valence-electron chi connectivity index (χ4n) is 1.25. The lowest BCUT2D eigenvalue weighted by Gasteiger charge is -2.12. The van der Waals surface area contributed by atoms with Crippen molar-refractivity contribution in [2.45, 2.75) is 26.4 Å². The molecule has 1 unspecified atom stereocenters. The molecule has 0 saturated carbocycles. The summed E-state index contributed by atoms with van der Waals surface area (Å²) in [5.41, 5.74) is 1.76. The SMILES string of the molecule is CCCOC(C)c1cccc(C#N)c1. The normalized spacial score (nSPS) is 12.1. The molecule has 0 radical (unpaired) electrons. The van der Waals surface area contributed by atoms with Crippen LogP contribution in [0.4, 0.5) is 0 Å².